The average Bonchev–Trinajstić information content (AvgIpc) is 2.43. The van der Waals surface area contributed by atoms with Gasteiger partial charge in [0.2, 0.25) is 0 Å². The Morgan fingerprint density at radius 1 is 1.11 bits per heavy atom. The maximum absolute atomic E-state index is 12.0. The van der Waals surface area contributed by atoms with E-state index in [2.05, 4.69) is 11.9 Å². The number of fused-ring (bicyclic) bond motifs is 1. The van der Waals surface area contributed by atoms with E-state index in [1.165, 1.54) is 32.1 Å². The highest BCUT2D eigenvalue weighted by Crippen LogP contribution is 2.22. The van der Waals surface area contributed by atoms with Crippen molar-refractivity contribution in [2.45, 2.75) is 51.9 Å². The third-order valence-corrected chi connectivity index (χ3v) is 3.67. The van der Waals surface area contributed by atoms with Crippen molar-refractivity contribution in [1.82, 2.24) is 0 Å². The van der Waals surface area contributed by atoms with Gasteiger partial charge in [-0.25, -0.2) is 0 Å². The molecule has 0 radical (unpaired) electrons. The number of unbranched alkanes of at least 4 members (excludes halogenated alkanes) is 5. The molecule has 1 aliphatic heterocycles. The maximum atomic E-state index is 12.0. The Labute approximate surface area is 116 Å². The average molecular weight is 257 g/mol. The summed E-state index contributed by atoms with van der Waals surface area (Å²) in [5.41, 5.74) is 1.88. The lowest BCUT2D eigenvalue weighted by Crippen LogP contribution is -2.24. The van der Waals surface area contributed by atoms with Crippen LogP contribution in [0.3, 0.4) is 0 Å². The van der Waals surface area contributed by atoms with Gasteiger partial charge in [0.1, 0.15) is 0 Å². The van der Waals surface area contributed by atoms with Crippen LogP contribution in [0.15, 0.2) is 41.1 Å². The van der Waals surface area contributed by atoms with Crippen LogP contribution in [-0.2, 0) is 4.79 Å². The van der Waals surface area contributed by atoms with Gasteiger partial charge in [0.15, 0.2) is 5.78 Å². The molecule has 1 heterocycles. The van der Waals surface area contributed by atoms with Gasteiger partial charge in [0.05, 0.1) is 11.6 Å². The van der Waals surface area contributed by atoms with E-state index in [0.29, 0.717) is 0 Å². The van der Waals surface area contributed by atoms with E-state index in [9.17, 15) is 4.79 Å². The summed E-state index contributed by atoms with van der Waals surface area (Å²) in [5.74, 6) is 0.0601. The predicted octanol–water partition coefficient (Wildman–Crippen LogP) is 4.39. The van der Waals surface area contributed by atoms with Gasteiger partial charge in [-0.3, -0.25) is 9.79 Å². The molecular formula is C17H23NO. The fraction of sp³-hybridized carbons (Fsp3) is 0.529. The number of hydrogen-bond acceptors (Lipinski definition) is 2. The van der Waals surface area contributed by atoms with Crippen LogP contribution >= 0.6 is 0 Å². The molecule has 1 aliphatic carbocycles. The van der Waals surface area contributed by atoms with E-state index in [4.69, 9.17) is 0 Å². The topological polar surface area (TPSA) is 29.4 Å². The zero-order valence-corrected chi connectivity index (χ0v) is 11.8. The Morgan fingerprint density at radius 3 is 2.74 bits per heavy atom. The van der Waals surface area contributed by atoms with Crippen LogP contribution in [0.1, 0.15) is 51.9 Å². The van der Waals surface area contributed by atoms with Gasteiger partial charge >= 0.3 is 0 Å². The number of ketones is 1. The minimum Gasteiger partial charge on any atom is -0.294 e. The number of hydrogen-bond donors (Lipinski definition) is 0. The van der Waals surface area contributed by atoms with Crippen LogP contribution in [0, 0.1) is 5.92 Å². The summed E-state index contributed by atoms with van der Waals surface area (Å²) in [6, 6.07) is 0. The number of aliphatic imine (C=N–C) groups is 1. The second kappa shape index (κ2) is 7.22. The molecule has 1 atom stereocenters. The molecule has 1 unspecified atom stereocenters. The van der Waals surface area contributed by atoms with E-state index in [1.807, 2.05) is 24.3 Å². The Bertz CT molecular complexity index is 440. The Balaban J connectivity index is 1.79. The zero-order chi connectivity index (χ0) is 13.5. The molecule has 2 aliphatic rings. The van der Waals surface area contributed by atoms with Crippen LogP contribution < -0.4 is 0 Å². The lowest BCUT2D eigenvalue weighted by atomic mass is 9.90. The number of nitrogens with zero attached hydrogens (tertiary/aromatic N) is 1. The fourth-order valence-electron chi connectivity index (χ4n) is 2.55. The van der Waals surface area contributed by atoms with Crippen molar-refractivity contribution in [2.75, 3.05) is 0 Å². The van der Waals surface area contributed by atoms with Crippen molar-refractivity contribution in [3.8, 4) is 0 Å². The van der Waals surface area contributed by atoms with E-state index in [1.54, 1.807) is 6.08 Å². The third kappa shape index (κ3) is 4.02. The van der Waals surface area contributed by atoms with Crippen LogP contribution in [0.5, 0.6) is 0 Å². The van der Waals surface area contributed by atoms with E-state index < -0.39 is 0 Å². The SMILES string of the molecule is CCCCCCCCC1=CC(=O)C2C=CC=CC2=N1. The lowest BCUT2D eigenvalue weighted by Gasteiger charge is -2.18. The van der Waals surface area contributed by atoms with Gasteiger partial charge in [0, 0.05) is 11.8 Å². The minimum atomic E-state index is -0.127. The number of rotatable bonds is 7. The van der Waals surface area contributed by atoms with Crippen molar-refractivity contribution in [1.29, 1.82) is 0 Å². The molecule has 0 saturated carbocycles. The molecule has 0 N–H and O–H groups in total. The highest BCUT2D eigenvalue weighted by Gasteiger charge is 2.24. The second-order valence-electron chi connectivity index (χ2n) is 5.31. The Hall–Kier alpha value is -1.44. The number of allylic oxidation sites excluding steroid dienone is 6. The van der Waals surface area contributed by atoms with E-state index >= 15 is 0 Å². The van der Waals surface area contributed by atoms with Gasteiger partial charge in [-0.2, -0.15) is 0 Å². The first-order valence-electron chi connectivity index (χ1n) is 7.49. The molecule has 0 amide bonds. The number of carbonyl (C=O) groups is 1. The maximum Gasteiger partial charge on any atom is 0.170 e. The van der Waals surface area contributed by atoms with E-state index in [0.717, 1.165) is 24.3 Å². The van der Waals surface area contributed by atoms with Gasteiger partial charge < -0.3 is 0 Å². The molecule has 0 bridgehead atoms. The first kappa shape index (κ1) is 14.0. The Kier molecular flexibility index (Phi) is 5.31. The highest BCUT2D eigenvalue weighted by molar-refractivity contribution is 6.18. The molecule has 0 saturated heterocycles. The van der Waals surface area contributed by atoms with Crippen molar-refractivity contribution in [2.24, 2.45) is 10.9 Å². The monoisotopic (exact) mass is 257 g/mol. The molecule has 2 nitrogen and oxygen atoms in total. The predicted molar refractivity (Wildman–Crippen MR) is 80.3 cm³/mol. The van der Waals surface area contributed by atoms with Crippen molar-refractivity contribution in [3.05, 3.63) is 36.1 Å². The molecule has 102 valence electrons. The van der Waals surface area contributed by atoms with Gasteiger partial charge in [-0.1, -0.05) is 57.3 Å². The molecular weight excluding hydrogens is 234 g/mol. The lowest BCUT2D eigenvalue weighted by molar-refractivity contribution is -0.115. The molecule has 2 rings (SSSR count). The highest BCUT2D eigenvalue weighted by atomic mass is 16.1. The fourth-order valence-corrected chi connectivity index (χ4v) is 2.55. The van der Waals surface area contributed by atoms with Crippen molar-refractivity contribution in [3.63, 3.8) is 0 Å². The summed E-state index contributed by atoms with van der Waals surface area (Å²) in [7, 11) is 0. The van der Waals surface area contributed by atoms with Crippen LogP contribution in [0.25, 0.3) is 0 Å². The molecule has 2 heteroatoms. The first-order valence-corrected chi connectivity index (χ1v) is 7.49. The molecule has 0 aromatic heterocycles. The summed E-state index contributed by atoms with van der Waals surface area (Å²) in [5, 5.41) is 0. The largest absolute Gasteiger partial charge is 0.294 e. The normalized spacial score (nSPS) is 21.1. The first-order chi connectivity index (χ1) is 9.31. The molecule has 0 aromatic carbocycles. The summed E-state index contributed by atoms with van der Waals surface area (Å²) < 4.78 is 0. The molecule has 19 heavy (non-hydrogen) atoms. The van der Waals surface area contributed by atoms with Gasteiger partial charge in [0.25, 0.3) is 0 Å². The van der Waals surface area contributed by atoms with Crippen molar-refractivity contribution < 1.29 is 4.79 Å². The molecule has 0 spiro atoms. The van der Waals surface area contributed by atoms with Crippen LogP contribution in [0.2, 0.25) is 0 Å². The quantitative estimate of drug-likeness (QED) is 0.622. The third-order valence-electron chi connectivity index (χ3n) is 3.67. The minimum absolute atomic E-state index is 0.127. The van der Waals surface area contributed by atoms with Gasteiger partial charge in [-0.05, 0) is 18.9 Å². The smallest absolute Gasteiger partial charge is 0.170 e. The van der Waals surface area contributed by atoms with E-state index in [-0.39, 0.29) is 11.7 Å². The summed E-state index contributed by atoms with van der Waals surface area (Å²) in [6.07, 6.45) is 18.1. The van der Waals surface area contributed by atoms with Crippen LogP contribution in [-0.4, -0.2) is 11.5 Å². The summed E-state index contributed by atoms with van der Waals surface area (Å²) in [6.45, 7) is 2.23. The van der Waals surface area contributed by atoms with Crippen molar-refractivity contribution >= 4 is 11.5 Å². The molecule has 0 fully saturated rings. The van der Waals surface area contributed by atoms with Gasteiger partial charge in [-0.15, -0.1) is 0 Å². The molecule has 0 aromatic rings. The standard InChI is InChI=1S/C17H23NO/c1-2-3-4-5-6-7-10-14-13-17(19)15-11-8-9-12-16(15)18-14/h8-9,11-13,15H,2-7,10H2,1H3. The number of carbonyl (C=O) groups excluding carboxylic acids is 1. The summed E-state index contributed by atoms with van der Waals surface area (Å²) >= 11 is 0. The second-order valence-corrected chi connectivity index (χ2v) is 5.31. The summed E-state index contributed by atoms with van der Waals surface area (Å²) in [4.78, 5) is 16.6. The Morgan fingerprint density at radius 2 is 1.89 bits per heavy atom. The van der Waals surface area contributed by atoms with Crippen LogP contribution in [0.4, 0.5) is 0 Å². The zero-order valence-electron chi connectivity index (χ0n) is 11.8.